The molecule has 0 unspecified atom stereocenters. The van der Waals surface area contributed by atoms with Crippen LogP contribution in [0.5, 0.6) is 0 Å². The first-order valence-corrected chi connectivity index (χ1v) is 7.01. The Labute approximate surface area is 105 Å². The summed E-state index contributed by atoms with van der Waals surface area (Å²) >= 11 is 5.27. The van der Waals surface area contributed by atoms with Crippen LogP contribution in [0.3, 0.4) is 0 Å². The first-order chi connectivity index (χ1) is 8.00. The van der Waals surface area contributed by atoms with Gasteiger partial charge in [-0.15, -0.1) is 11.6 Å². The Morgan fingerprint density at radius 1 is 1.41 bits per heavy atom. The molecule has 1 N–H and O–H groups in total. The fourth-order valence-corrected chi connectivity index (χ4v) is 1.89. The molecule has 0 bridgehead atoms. The van der Waals surface area contributed by atoms with Gasteiger partial charge in [-0.1, -0.05) is 12.1 Å². The number of carbonyl (C=O) groups is 1. The van der Waals surface area contributed by atoms with Crippen molar-refractivity contribution in [2.24, 2.45) is 0 Å². The predicted molar refractivity (Wildman–Crippen MR) is 65.7 cm³/mol. The third-order valence-corrected chi connectivity index (χ3v) is 3.51. The average Bonchev–Trinajstić information content (AvgIpc) is 2.29. The molecule has 0 saturated heterocycles. The number of sulfonamides is 1. The standard InChI is InChI=1S/C10H12ClNO4S/c1-2-16-10(13)8-5-3-4-6-9(8)12-17(14,15)7-11/h3-6,12H,2,7H2,1H3. The van der Waals surface area contributed by atoms with Crippen molar-refractivity contribution in [2.75, 3.05) is 16.5 Å². The SMILES string of the molecule is CCOC(=O)c1ccccc1NS(=O)(=O)CCl. The molecule has 17 heavy (non-hydrogen) atoms. The third kappa shape index (κ3) is 3.90. The highest BCUT2D eigenvalue weighted by Gasteiger charge is 2.16. The van der Waals surface area contributed by atoms with Gasteiger partial charge in [0, 0.05) is 0 Å². The van der Waals surface area contributed by atoms with Crippen LogP contribution in [-0.2, 0) is 14.8 Å². The maximum Gasteiger partial charge on any atom is 0.340 e. The summed E-state index contributed by atoms with van der Waals surface area (Å²) in [7, 11) is -3.64. The van der Waals surface area contributed by atoms with E-state index in [0.29, 0.717) is 0 Å². The second-order valence-corrected chi connectivity index (χ2v) is 5.40. The highest BCUT2D eigenvalue weighted by molar-refractivity contribution is 7.93. The Morgan fingerprint density at radius 2 is 2.06 bits per heavy atom. The van der Waals surface area contributed by atoms with Gasteiger partial charge in [0.25, 0.3) is 0 Å². The minimum absolute atomic E-state index is 0.156. The van der Waals surface area contributed by atoms with Gasteiger partial charge in [0.1, 0.15) is 5.21 Å². The molecule has 0 aliphatic heterocycles. The molecule has 94 valence electrons. The summed E-state index contributed by atoms with van der Waals surface area (Å²) < 4.78 is 29.6. The molecule has 0 amide bonds. The first-order valence-electron chi connectivity index (χ1n) is 4.82. The van der Waals surface area contributed by atoms with E-state index < -0.39 is 21.2 Å². The maximum atomic E-state index is 11.5. The van der Waals surface area contributed by atoms with Gasteiger partial charge in [0.15, 0.2) is 0 Å². The van der Waals surface area contributed by atoms with Crippen LogP contribution in [0.25, 0.3) is 0 Å². The lowest BCUT2D eigenvalue weighted by atomic mass is 10.2. The number of hydrogen-bond acceptors (Lipinski definition) is 4. The zero-order chi connectivity index (χ0) is 12.9. The van der Waals surface area contributed by atoms with Crippen LogP contribution in [0.2, 0.25) is 0 Å². The van der Waals surface area contributed by atoms with E-state index in [4.69, 9.17) is 16.3 Å². The molecule has 0 fully saturated rings. The Kier molecular flexibility index (Phi) is 4.77. The maximum absolute atomic E-state index is 11.5. The van der Waals surface area contributed by atoms with Crippen molar-refractivity contribution in [1.82, 2.24) is 0 Å². The number of carbonyl (C=O) groups excluding carboxylic acids is 1. The number of halogens is 1. The monoisotopic (exact) mass is 277 g/mol. The Bertz CT molecular complexity index is 501. The minimum atomic E-state index is -3.64. The van der Waals surface area contributed by atoms with E-state index in [-0.39, 0.29) is 17.9 Å². The Morgan fingerprint density at radius 3 is 2.65 bits per heavy atom. The van der Waals surface area contributed by atoms with Crippen LogP contribution in [0.4, 0.5) is 5.69 Å². The fourth-order valence-electron chi connectivity index (χ4n) is 1.15. The summed E-state index contributed by atoms with van der Waals surface area (Å²) in [6.45, 7) is 1.89. The van der Waals surface area contributed by atoms with Crippen LogP contribution in [0, 0.1) is 0 Å². The summed E-state index contributed by atoms with van der Waals surface area (Å²) in [6.07, 6.45) is 0. The van der Waals surface area contributed by atoms with Gasteiger partial charge in [0.2, 0.25) is 10.0 Å². The first kappa shape index (κ1) is 13.8. The van der Waals surface area contributed by atoms with Crippen LogP contribution < -0.4 is 4.72 Å². The van der Waals surface area contributed by atoms with Gasteiger partial charge in [0.05, 0.1) is 17.9 Å². The highest BCUT2D eigenvalue weighted by Crippen LogP contribution is 2.18. The van der Waals surface area contributed by atoms with Crippen molar-refractivity contribution in [1.29, 1.82) is 0 Å². The molecule has 0 aromatic heterocycles. The number of esters is 1. The van der Waals surface area contributed by atoms with Crippen molar-refractivity contribution in [3.63, 3.8) is 0 Å². The molecule has 5 nitrogen and oxygen atoms in total. The molecule has 0 aliphatic carbocycles. The molecule has 0 saturated carbocycles. The van der Waals surface area contributed by atoms with Crippen molar-refractivity contribution >= 4 is 33.3 Å². The zero-order valence-corrected chi connectivity index (χ0v) is 10.7. The minimum Gasteiger partial charge on any atom is -0.462 e. The summed E-state index contributed by atoms with van der Waals surface area (Å²) in [5.74, 6) is -0.583. The summed E-state index contributed by atoms with van der Waals surface area (Å²) in [6, 6.07) is 6.17. The number of ether oxygens (including phenoxy) is 1. The van der Waals surface area contributed by atoms with Gasteiger partial charge >= 0.3 is 5.97 Å². The number of anilines is 1. The van der Waals surface area contributed by atoms with Crippen molar-refractivity contribution in [2.45, 2.75) is 6.92 Å². The quantitative estimate of drug-likeness (QED) is 0.658. The van der Waals surface area contributed by atoms with Crippen molar-refractivity contribution in [3.05, 3.63) is 29.8 Å². The summed E-state index contributed by atoms with van der Waals surface area (Å²) in [4.78, 5) is 11.5. The Hall–Kier alpha value is -1.27. The molecule has 1 aromatic carbocycles. The molecule has 0 heterocycles. The lowest BCUT2D eigenvalue weighted by Gasteiger charge is -2.10. The number of rotatable bonds is 5. The van der Waals surface area contributed by atoms with E-state index in [1.54, 1.807) is 19.1 Å². The molecule has 0 aliphatic rings. The van der Waals surface area contributed by atoms with E-state index in [9.17, 15) is 13.2 Å². The van der Waals surface area contributed by atoms with E-state index >= 15 is 0 Å². The summed E-state index contributed by atoms with van der Waals surface area (Å²) in [5, 5.41) is -0.579. The molecule has 0 atom stereocenters. The van der Waals surface area contributed by atoms with Crippen LogP contribution in [-0.4, -0.2) is 26.2 Å². The van der Waals surface area contributed by atoms with Gasteiger partial charge < -0.3 is 4.74 Å². The van der Waals surface area contributed by atoms with Crippen molar-refractivity contribution < 1.29 is 17.9 Å². The third-order valence-electron chi connectivity index (χ3n) is 1.83. The highest BCUT2D eigenvalue weighted by atomic mass is 35.5. The Balaban J connectivity index is 3.04. The van der Waals surface area contributed by atoms with E-state index in [2.05, 4.69) is 4.72 Å². The van der Waals surface area contributed by atoms with Crippen LogP contribution in [0.15, 0.2) is 24.3 Å². The molecule has 0 spiro atoms. The molecular formula is C10H12ClNO4S. The number of nitrogens with one attached hydrogen (secondary N) is 1. The zero-order valence-electron chi connectivity index (χ0n) is 9.14. The topological polar surface area (TPSA) is 72.5 Å². The average molecular weight is 278 g/mol. The van der Waals surface area contributed by atoms with Crippen molar-refractivity contribution in [3.8, 4) is 0 Å². The van der Waals surface area contributed by atoms with Gasteiger partial charge in [-0.05, 0) is 19.1 Å². The smallest absolute Gasteiger partial charge is 0.340 e. The van der Waals surface area contributed by atoms with E-state index in [1.165, 1.54) is 12.1 Å². The predicted octanol–water partition coefficient (Wildman–Crippen LogP) is 1.80. The van der Waals surface area contributed by atoms with E-state index in [1.807, 2.05) is 0 Å². The second-order valence-electron chi connectivity index (χ2n) is 3.09. The second kappa shape index (κ2) is 5.88. The number of alkyl halides is 1. The lowest BCUT2D eigenvalue weighted by molar-refractivity contribution is 0.0527. The fraction of sp³-hybridized carbons (Fsp3) is 0.300. The van der Waals surface area contributed by atoms with Crippen LogP contribution >= 0.6 is 11.6 Å². The number of benzene rings is 1. The molecule has 1 rings (SSSR count). The largest absolute Gasteiger partial charge is 0.462 e. The van der Waals surface area contributed by atoms with Gasteiger partial charge in [-0.3, -0.25) is 4.72 Å². The molecule has 1 aromatic rings. The molecule has 7 heteroatoms. The molecule has 0 radical (unpaired) electrons. The molecular weight excluding hydrogens is 266 g/mol. The summed E-state index contributed by atoms with van der Waals surface area (Å²) in [5.41, 5.74) is 0.314. The van der Waals surface area contributed by atoms with Gasteiger partial charge in [-0.25, -0.2) is 13.2 Å². The lowest BCUT2D eigenvalue weighted by Crippen LogP contribution is -2.16. The van der Waals surface area contributed by atoms with E-state index in [0.717, 1.165) is 0 Å². The number of para-hydroxylation sites is 1. The normalized spacial score (nSPS) is 10.9. The van der Waals surface area contributed by atoms with Gasteiger partial charge in [-0.2, -0.15) is 0 Å². The number of hydrogen-bond donors (Lipinski definition) is 1. The van der Waals surface area contributed by atoms with Crippen LogP contribution in [0.1, 0.15) is 17.3 Å².